The summed E-state index contributed by atoms with van der Waals surface area (Å²) in [4.78, 5) is 4.64. The SMILES string of the molecule is CCNC(=NCc1cccc(C#N)c1)NCc1ccc(C)cc1OCCCOC.I. The van der Waals surface area contributed by atoms with Crippen molar-refractivity contribution in [3.8, 4) is 11.8 Å². The van der Waals surface area contributed by atoms with Crippen LogP contribution in [-0.2, 0) is 17.8 Å². The standard InChI is InChI=1S/C23H30N4O2.HI/c1-4-25-23(26-16-20-8-5-7-19(14-20)15-24)27-17-21-10-9-18(2)13-22(21)29-12-6-11-28-3;/h5,7-10,13-14H,4,6,11-12,16-17H2,1-3H3,(H2,25,26,27);1H. The van der Waals surface area contributed by atoms with Gasteiger partial charge in [-0.1, -0.05) is 24.3 Å². The lowest BCUT2D eigenvalue weighted by Gasteiger charge is -2.15. The summed E-state index contributed by atoms with van der Waals surface area (Å²) in [7, 11) is 1.69. The minimum atomic E-state index is 0. The molecular formula is C23H31IN4O2. The van der Waals surface area contributed by atoms with Crippen molar-refractivity contribution >= 4 is 29.9 Å². The first-order valence-electron chi connectivity index (χ1n) is 9.88. The first-order valence-corrected chi connectivity index (χ1v) is 9.88. The van der Waals surface area contributed by atoms with Crippen molar-refractivity contribution < 1.29 is 9.47 Å². The first kappa shape index (κ1) is 25.7. The van der Waals surface area contributed by atoms with Crippen LogP contribution in [0.5, 0.6) is 5.75 Å². The van der Waals surface area contributed by atoms with E-state index in [0.717, 1.165) is 41.4 Å². The summed E-state index contributed by atoms with van der Waals surface area (Å²) in [6.45, 7) is 7.25. The maximum Gasteiger partial charge on any atom is 0.191 e. The Hall–Kier alpha value is -2.31. The first-order chi connectivity index (χ1) is 14.2. The smallest absolute Gasteiger partial charge is 0.191 e. The van der Waals surface area contributed by atoms with Gasteiger partial charge in [-0.15, -0.1) is 24.0 Å². The van der Waals surface area contributed by atoms with Crippen LogP contribution in [0.15, 0.2) is 47.5 Å². The van der Waals surface area contributed by atoms with E-state index in [4.69, 9.17) is 14.7 Å². The lowest BCUT2D eigenvalue weighted by atomic mass is 10.1. The van der Waals surface area contributed by atoms with Crippen molar-refractivity contribution in [1.82, 2.24) is 10.6 Å². The molecule has 2 N–H and O–H groups in total. The van der Waals surface area contributed by atoms with Gasteiger partial charge in [-0.2, -0.15) is 5.26 Å². The zero-order chi connectivity index (χ0) is 20.9. The average molecular weight is 522 g/mol. The molecule has 0 saturated carbocycles. The topological polar surface area (TPSA) is 78.7 Å². The number of nitrogens with zero attached hydrogens (tertiary/aromatic N) is 2. The van der Waals surface area contributed by atoms with E-state index < -0.39 is 0 Å². The number of aliphatic imine (C=N–C) groups is 1. The van der Waals surface area contributed by atoms with Gasteiger partial charge in [0, 0.05) is 38.8 Å². The quantitative estimate of drug-likeness (QED) is 0.212. The lowest BCUT2D eigenvalue weighted by molar-refractivity contribution is 0.172. The number of aryl methyl sites for hydroxylation is 1. The van der Waals surface area contributed by atoms with Gasteiger partial charge < -0.3 is 20.1 Å². The Morgan fingerprint density at radius 1 is 1.13 bits per heavy atom. The number of rotatable bonds is 10. The fraction of sp³-hybridized carbons (Fsp3) is 0.391. The van der Waals surface area contributed by atoms with Crippen LogP contribution < -0.4 is 15.4 Å². The van der Waals surface area contributed by atoms with Crippen LogP contribution in [0.2, 0.25) is 0 Å². The molecule has 0 aliphatic heterocycles. The Morgan fingerprint density at radius 3 is 2.70 bits per heavy atom. The molecule has 162 valence electrons. The number of benzene rings is 2. The molecule has 7 heteroatoms. The Morgan fingerprint density at radius 2 is 1.97 bits per heavy atom. The van der Waals surface area contributed by atoms with E-state index in [2.05, 4.69) is 46.8 Å². The summed E-state index contributed by atoms with van der Waals surface area (Å²) in [5.41, 5.74) is 3.88. The normalized spacial score (nSPS) is 10.7. The number of hydrogen-bond donors (Lipinski definition) is 2. The molecule has 0 saturated heterocycles. The molecule has 2 aromatic carbocycles. The molecule has 30 heavy (non-hydrogen) atoms. The van der Waals surface area contributed by atoms with Gasteiger partial charge in [0.05, 0.1) is 24.8 Å². The van der Waals surface area contributed by atoms with Crippen LogP contribution in [0.1, 0.15) is 35.6 Å². The van der Waals surface area contributed by atoms with Gasteiger partial charge in [0.2, 0.25) is 0 Å². The molecule has 0 aliphatic carbocycles. The Labute approximate surface area is 196 Å². The molecule has 0 atom stereocenters. The molecule has 0 fully saturated rings. The van der Waals surface area contributed by atoms with E-state index in [9.17, 15) is 0 Å². The molecule has 0 spiro atoms. The summed E-state index contributed by atoms with van der Waals surface area (Å²) < 4.78 is 11.0. The largest absolute Gasteiger partial charge is 0.493 e. The number of nitrogens with one attached hydrogen (secondary N) is 2. The number of guanidine groups is 1. The van der Waals surface area contributed by atoms with E-state index in [1.807, 2.05) is 25.1 Å². The highest BCUT2D eigenvalue weighted by molar-refractivity contribution is 14.0. The molecule has 0 bridgehead atoms. The number of methoxy groups -OCH3 is 1. The third kappa shape index (κ3) is 9.01. The molecule has 0 aromatic heterocycles. The Bertz CT molecular complexity index is 849. The molecule has 6 nitrogen and oxygen atoms in total. The van der Waals surface area contributed by atoms with Crippen molar-refractivity contribution in [3.63, 3.8) is 0 Å². The van der Waals surface area contributed by atoms with E-state index in [0.29, 0.717) is 31.9 Å². The van der Waals surface area contributed by atoms with Gasteiger partial charge in [-0.3, -0.25) is 0 Å². The van der Waals surface area contributed by atoms with E-state index >= 15 is 0 Å². The van der Waals surface area contributed by atoms with Crippen LogP contribution in [0.3, 0.4) is 0 Å². The average Bonchev–Trinajstić information content (AvgIpc) is 2.74. The number of nitriles is 1. The molecule has 0 amide bonds. The van der Waals surface area contributed by atoms with E-state index in [1.165, 1.54) is 0 Å². The third-order valence-electron chi connectivity index (χ3n) is 4.24. The van der Waals surface area contributed by atoms with Crippen molar-refractivity contribution in [2.24, 2.45) is 4.99 Å². The second-order valence-corrected chi connectivity index (χ2v) is 6.67. The highest BCUT2D eigenvalue weighted by atomic mass is 127. The van der Waals surface area contributed by atoms with Gasteiger partial charge in [-0.05, 0) is 43.2 Å². The maximum absolute atomic E-state index is 9.04. The van der Waals surface area contributed by atoms with Gasteiger partial charge >= 0.3 is 0 Å². The Kier molecular flexibility index (Phi) is 12.6. The Balaban J connectivity index is 0.00000450. The molecule has 0 heterocycles. The van der Waals surface area contributed by atoms with Crippen LogP contribution in [-0.4, -0.2) is 32.8 Å². The fourth-order valence-corrected chi connectivity index (χ4v) is 2.76. The lowest BCUT2D eigenvalue weighted by Crippen LogP contribution is -2.36. The summed E-state index contributed by atoms with van der Waals surface area (Å²) >= 11 is 0. The van der Waals surface area contributed by atoms with Crippen molar-refractivity contribution in [2.75, 3.05) is 26.9 Å². The fourth-order valence-electron chi connectivity index (χ4n) is 2.76. The third-order valence-corrected chi connectivity index (χ3v) is 4.24. The van der Waals surface area contributed by atoms with E-state index in [1.54, 1.807) is 13.2 Å². The molecule has 0 aliphatic rings. The van der Waals surface area contributed by atoms with Gasteiger partial charge in [0.25, 0.3) is 0 Å². The van der Waals surface area contributed by atoms with Gasteiger partial charge in [0.15, 0.2) is 5.96 Å². The highest BCUT2D eigenvalue weighted by Crippen LogP contribution is 2.20. The maximum atomic E-state index is 9.04. The molecule has 0 unspecified atom stereocenters. The number of ether oxygens (including phenoxy) is 2. The summed E-state index contributed by atoms with van der Waals surface area (Å²) in [5, 5.41) is 15.7. The van der Waals surface area contributed by atoms with Crippen molar-refractivity contribution in [1.29, 1.82) is 5.26 Å². The molecule has 2 rings (SSSR count). The molecule has 2 aromatic rings. The highest BCUT2D eigenvalue weighted by Gasteiger charge is 2.06. The zero-order valence-corrected chi connectivity index (χ0v) is 20.2. The van der Waals surface area contributed by atoms with Gasteiger partial charge in [0.1, 0.15) is 5.75 Å². The predicted octanol–water partition coefficient (Wildman–Crippen LogP) is 4.16. The number of halogens is 1. The second kappa shape index (κ2) is 14.6. The van der Waals surface area contributed by atoms with Crippen LogP contribution in [0.4, 0.5) is 0 Å². The summed E-state index contributed by atoms with van der Waals surface area (Å²) in [5.74, 6) is 1.60. The van der Waals surface area contributed by atoms with Crippen LogP contribution in [0.25, 0.3) is 0 Å². The number of hydrogen-bond acceptors (Lipinski definition) is 4. The minimum Gasteiger partial charge on any atom is -0.493 e. The van der Waals surface area contributed by atoms with Crippen molar-refractivity contribution in [3.05, 3.63) is 64.7 Å². The zero-order valence-electron chi connectivity index (χ0n) is 17.9. The predicted molar refractivity (Wildman–Crippen MR) is 131 cm³/mol. The summed E-state index contributed by atoms with van der Waals surface area (Å²) in [6, 6.07) is 15.9. The minimum absolute atomic E-state index is 0. The summed E-state index contributed by atoms with van der Waals surface area (Å²) in [6.07, 6.45) is 0.850. The molecular weight excluding hydrogens is 491 g/mol. The molecule has 0 radical (unpaired) electrons. The van der Waals surface area contributed by atoms with Crippen LogP contribution in [0, 0.1) is 18.3 Å². The monoisotopic (exact) mass is 522 g/mol. The van der Waals surface area contributed by atoms with Crippen molar-refractivity contribution in [2.45, 2.75) is 33.4 Å². The van der Waals surface area contributed by atoms with Crippen LogP contribution >= 0.6 is 24.0 Å². The van der Waals surface area contributed by atoms with Gasteiger partial charge in [-0.25, -0.2) is 4.99 Å². The second-order valence-electron chi connectivity index (χ2n) is 6.67. The van der Waals surface area contributed by atoms with E-state index in [-0.39, 0.29) is 24.0 Å².